The first-order valence-electron chi connectivity index (χ1n) is 6.40. The van der Waals surface area contributed by atoms with Crippen LogP contribution >= 0.6 is 0 Å². The fourth-order valence-corrected chi connectivity index (χ4v) is 2.29. The molecule has 0 saturated carbocycles. The molecule has 1 aliphatic rings. The molecule has 5 nitrogen and oxygen atoms in total. The van der Waals surface area contributed by atoms with E-state index >= 15 is 0 Å². The number of hydrogen-bond acceptors (Lipinski definition) is 4. The maximum absolute atomic E-state index is 11.8. The molecular formula is C13H20N4O. The fraction of sp³-hybridized carbons (Fsp3) is 0.538. The molecule has 1 aliphatic heterocycles. The van der Waals surface area contributed by atoms with Gasteiger partial charge < -0.3 is 15.5 Å². The lowest BCUT2D eigenvalue weighted by molar-refractivity contribution is -0.123. The normalized spacial score (nSPS) is 19.8. The van der Waals surface area contributed by atoms with Crippen molar-refractivity contribution in [2.75, 3.05) is 25.0 Å². The molecule has 2 rings (SSSR count). The second-order valence-corrected chi connectivity index (χ2v) is 4.46. The fourth-order valence-electron chi connectivity index (χ4n) is 2.29. The van der Waals surface area contributed by atoms with Gasteiger partial charge in [0.15, 0.2) is 0 Å². The van der Waals surface area contributed by atoms with E-state index in [0.717, 1.165) is 30.9 Å². The number of nitrogens with one attached hydrogen (secondary N) is 2. The summed E-state index contributed by atoms with van der Waals surface area (Å²) in [6.45, 7) is 4.35. The van der Waals surface area contributed by atoms with Crippen LogP contribution in [0.25, 0.3) is 0 Å². The maximum Gasteiger partial charge on any atom is 0.242 e. The van der Waals surface area contributed by atoms with Crippen molar-refractivity contribution in [1.82, 2.24) is 15.6 Å². The molecule has 98 valence electrons. The molecule has 0 aromatic carbocycles. The van der Waals surface area contributed by atoms with Crippen LogP contribution in [0.15, 0.2) is 18.3 Å². The number of hydrogen-bond donors (Lipinski definition) is 2. The average Bonchev–Trinajstić information content (AvgIpc) is 2.40. The van der Waals surface area contributed by atoms with E-state index in [2.05, 4.69) is 26.6 Å². The van der Waals surface area contributed by atoms with Crippen LogP contribution in [-0.4, -0.2) is 37.1 Å². The Morgan fingerprint density at radius 2 is 2.39 bits per heavy atom. The summed E-state index contributed by atoms with van der Waals surface area (Å²) in [5.74, 6) is 0.987. The van der Waals surface area contributed by atoms with Gasteiger partial charge in [0.1, 0.15) is 11.9 Å². The van der Waals surface area contributed by atoms with E-state index in [9.17, 15) is 4.79 Å². The third-order valence-corrected chi connectivity index (χ3v) is 3.20. The van der Waals surface area contributed by atoms with Crippen molar-refractivity contribution in [3.63, 3.8) is 0 Å². The number of aromatic nitrogens is 1. The molecule has 1 atom stereocenters. The zero-order chi connectivity index (χ0) is 13.0. The summed E-state index contributed by atoms with van der Waals surface area (Å²) < 4.78 is 0. The van der Waals surface area contributed by atoms with Gasteiger partial charge in [0, 0.05) is 25.8 Å². The molecule has 0 radical (unpaired) electrons. The van der Waals surface area contributed by atoms with Gasteiger partial charge in [0.25, 0.3) is 0 Å². The minimum atomic E-state index is -0.0959. The Balaban J connectivity index is 2.16. The van der Waals surface area contributed by atoms with E-state index in [0.29, 0.717) is 6.54 Å². The van der Waals surface area contributed by atoms with E-state index in [1.807, 2.05) is 26.2 Å². The molecule has 2 heterocycles. The lowest BCUT2D eigenvalue weighted by atomic mass is 10.1. The van der Waals surface area contributed by atoms with Crippen LogP contribution in [0.4, 0.5) is 5.82 Å². The van der Waals surface area contributed by atoms with E-state index < -0.39 is 0 Å². The van der Waals surface area contributed by atoms with Crippen LogP contribution in [0.5, 0.6) is 0 Å². The Hall–Kier alpha value is -1.62. The first-order chi connectivity index (χ1) is 8.76. The van der Waals surface area contributed by atoms with Gasteiger partial charge >= 0.3 is 0 Å². The minimum Gasteiger partial charge on any atom is -0.353 e. The van der Waals surface area contributed by atoms with E-state index in [1.54, 1.807) is 0 Å². The zero-order valence-corrected chi connectivity index (χ0v) is 10.9. The molecule has 1 saturated heterocycles. The number of rotatable bonds is 4. The van der Waals surface area contributed by atoms with Crippen molar-refractivity contribution in [3.05, 3.63) is 23.9 Å². The molecule has 18 heavy (non-hydrogen) atoms. The van der Waals surface area contributed by atoms with Gasteiger partial charge in [-0.2, -0.15) is 0 Å². The standard InChI is InChI=1S/C13H20N4O/c1-3-11-13(18)15-6-7-17(11)12-5-4-10(8-14-2)9-16-12/h4-5,9,11,14H,3,6-8H2,1-2H3,(H,15,18). The highest BCUT2D eigenvalue weighted by atomic mass is 16.2. The third-order valence-electron chi connectivity index (χ3n) is 3.20. The summed E-state index contributed by atoms with van der Waals surface area (Å²) >= 11 is 0. The predicted molar refractivity (Wildman–Crippen MR) is 71.4 cm³/mol. The minimum absolute atomic E-state index is 0.0959. The molecule has 5 heteroatoms. The van der Waals surface area contributed by atoms with Crippen molar-refractivity contribution >= 4 is 11.7 Å². The Morgan fingerprint density at radius 1 is 1.56 bits per heavy atom. The number of carbonyl (C=O) groups is 1. The average molecular weight is 248 g/mol. The van der Waals surface area contributed by atoms with E-state index in [4.69, 9.17) is 0 Å². The number of amides is 1. The van der Waals surface area contributed by atoms with Gasteiger partial charge in [0.05, 0.1) is 0 Å². The Kier molecular flexibility index (Phi) is 4.15. The largest absolute Gasteiger partial charge is 0.353 e. The Bertz CT molecular complexity index is 404. The van der Waals surface area contributed by atoms with Gasteiger partial charge in [-0.05, 0) is 25.1 Å². The zero-order valence-electron chi connectivity index (χ0n) is 10.9. The van der Waals surface area contributed by atoms with Crippen molar-refractivity contribution < 1.29 is 4.79 Å². The summed E-state index contributed by atoms with van der Waals surface area (Å²) in [7, 11) is 1.91. The Labute approximate surface area is 108 Å². The third kappa shape index (κ3) is 2.61. The highest BCUT2D eigenvalue weighted by Crippen LogP contribution is 2.18. The molecule has 1 fully saturated rings. The van der Waals surface area contributed by atoms with Gasteiger partial charge in [0.2, 0.25) is 5.91 Å². The van der Waals surface area contributed by atoms with Crippen LogP contribution in [-0.2, 0) is 11.3 Å². The lowest BCUT2D eigenvalue weighted by Crippen LogP contribution is -2.55. The molecule has 1 amide bonds. The van der Waals surface area contributed by atoms with Crippen LogP contribution in [0.3, 0.4) is 0 Å². The number of nitrogens with zero attached hydrogens (tertiary/aromatic N) is 2. The molecule has 1 unspecified atom stereocenters. The second kappa shape index (κ2) is 5.82. The summed E-state index contributed by atoms with van der Waals surface area (Å²) in [6, 6.07) is 3.95. The van der Waals surface area contributed by atoms with Gasteiger partial charge in [-0.1, -0.05) is 13.0 Å². The summed E-state index contributed by atoms with van der Waals surface area (Å²) in [5, 5.41) is 5.99. The van der Waals surface area contributed by atoms with Crippen molar-refractivity contribution in [2.24, 2.45) is 0 Å². The first-order valence-corrected chi connectivity index (χ1v) is 6.40. The number of anilines is 1. The molecular weight excluding hydrogens is 228 g/mol. The summed E-state index contributed by atoms with van der Waals surface area (Å²) in [5.41, 5.74) is 1.15. The Morgan fingerprint density at radius 3 is 3.00 bits per heavy atom. The topological polar surface area (TPSA) is 57.3 Å². The van der Waals surface area contributed by atoms with Crippen LogP contribution in [0.2, 0.25) is 0 Å². The number of pyridine rings is 1. The molecule has 0 aliphatic carbocycles. The smallest absolute Gasteiger partial charge is 0.242 e. The van der Waals surface area contributed by atoms with Crippen LogP contribution < -0.4 is 15.5 Å². The second-order valence-electron chi connectivity index (χ2n) is 4.46. The van der Waals surface area contributed by atoms with Crippen molar-refractivity contribution in [2.45, 2.75) is 25.9 Å². The summed E-state index contributed by atoms with van der Waals surface area (Å²) in [6.07, 6.45) is 2.66. The van der Waals surface area contributed by atoms with Crippen LogP contribution in [0.1, 0.15) is 18.9 Å². The number of piperazine rings is 1. The highest BCUT2D eigenvalue weighted by molar-refractivity contribution is 5.86. The monoisotopic (exact) mass is 248 g/mol. The molecule has 1 aromatic heterocycles. The van der Waals surface area contributed by atoms with Gasteiger partial charge in [-0.15, -0.1) is 0 Å². The van der Waals surface area contributed by atoms with E-state index in [-0.39, 0.29) is 11.9 Å². The number of carbonyl (C=O) groups excluding carboxylic acids is 1. The SMILES string of the molecule is CCC1C(=O)NCCN1c1ccc(CNC)cn1. The summed E-state index contributed by atoms with van der Waals surface area (Å²) in [4.78, 5) is 18.3. The lowest BCUT2D eigenvalue weighted by Gasteiger charge is -2.35. The maximum atomic E-state index is 11.8. The van der Waals surface area contributed by atoms with Crippen molar-refractivity contribution in [1.29, 1.82) is 0 Å². The van der Waals surface area contributed by atoms with Crippen molar-refractivity contribution in [3.8, 4) is 0 Å². The quantitative estimate of drug-likeness (QED) is 0.815. The highest BCUT2D eigenvalue weighted by Gasteiger charge is 2.28. The van der Waals surface area contributed by atoms with Gasteiger partial charge in [-0.25, -0.2) is 4.98 Å². The molecule has 2 N–H and O–H groups in total. The van der Waals surface area contributed by atoms with Gasteiger partial charge in [-0.3, -0.25) is 4.79 Å². The molecule has 0 spiro atoms. The van der Waals surface area contributed by atoms with Crippen LogP contribution in [0, 0.1) is 0 Å². The van der Waals surface area contributed by atoms with E-state index in [1.165, 1.54) is 0 Å². The molecule has 1 aromatic rings. The molecule has 0 bridgehead atoms. The first kappa shape index (κ1) is 12.8. The predicted octanol–water partition coefficient (Wildman–Crippen LogP) is 0.516.